The van der Waals surface area contributed by atoms with Gasteiger partial charge in [0, 0.05) is 31.3 Å². The van der Waals surface area contributed by atoms with E-state index in [1.54, 1.807) is 7.11 Å². The molecule has 2 fully saturated rings. The van der Waals surface area contributed by atoms with E-state index in [2.05, 4.69) is 5.32 Å². The molecule has 1 amide bonds. The van der Waals surface area contributed by atoms with Crippen LogP contribution in [0.25, 0.3) is 0 Å². The fourth-order valence-corrected chi connectivity index (χ4v) is 5.75. The van der Waals surface area contributed by atoms with E-state index < -0.39 is 15.4 Å². The van der Waals surface area contributed by atoms with Gasteiger partial charge in [-0.3, -0.25) is 4.79 Å². The Bertz CT molecular complexity index is 539. The van der Waals surface area contributed by atoms with Crippen molar-refractivity contribution in [2.75, 3.05) is 38.4 Å². The van der Waals surface area contributed by atoms with Gasteiger partial charge in [0.15, 0.2) is 9.84 Å². The Morgan fingerprint density at radius 2 is 1.96 bits per heavy atom. The van der Waals surface area contributed by atoms with Crippen LogP contribution in [0, 0.1) is 0 Å². The van der Waals surface area contributed by atoms with Crippen LogP contribution < -0.4 is 5.32 Å². The van der Waals surface area contributed by atoms with Crippen LogP contribution in [0.4, 0.5) is 0 Å². The first-order valence-electron chi connectivity index (χ1n) is 9.17. The van der Waals surface area contributed by atoms with Gasteiger partial charge in [0.1, 0.15) is 0 Å². The van der Waals surface area contributed by atoms with Gasteiger partial charge in [-0.2, -0.15) is 0 Å². The van der Waals surface area contributed by atoms with Gasteiger partial charge >= 0.3 is 0 Å². The molecule has 8 heteroatoms. The maximum Gasteiger partial charge on any atom is 0.237 e. The second-order valence-corrected chi connectivity index (χ2v) is 9.85. The summed E-state index contributed by atoms with van der Waals surface area (Å²) in [6, 6.07) is -0.0481. The summed E-state index contributed by atoms with van der Waals surface area (Å²) in [5, 5.41) is 12.5. The van der Waals surface area contributed by atoms with E-state index >= 15 is 0 Å². The molecular weight excluding hydrogens is 344 g/mol. The molecular formula is C17H32N2O5S. The van der Waals surface area contributed by atoms with Crippen molar-refractivity contribution in [1.82, 2.24) is 10.2 Å². The van der Waals surface area contributed by atoms with Gasteiger partial charge in [-0.05, 0) is 32.6 Å². The van der Waals surface area contributed by atoms with Crippen molar-refractivity contribution < 1.29 is 23.1 Å². The maximum atomic E-state index is 12.9. The third-order valence-corrected chi connectivity index (χ3v) is 7.15. The third kappa shape index (κ3) is 5.64. The second-order valence-electron chi connectivity index (χ2n) is 7.62. The summed E-state index contributed by atoms with van der Waals surface area (Å²) >= 11 is 0. The third-order valence-electron chi connectivity index (χ3n) is 5.40. The first-order valence-corrected chi connectivity index (χ1v) is 11.0. The summed E-state index contributed by atoms with van der Waals surface area (Å²) in [6.07, 6.45) is 5.11. The number of carbonyl (C=O) groups is 1. The van der Waals surface area contributed by atoms with Gasteiger partial charge in [-0.1, -0.05) is 12.8 Å². The predicted octanol–water partition coefficient (Wildman–Crippen LogP) is 0.322. The van der Waals surface area contributed by atoms with Gasteiger partial charge in [0.05, 0.1) is 24.7 Å². The number of nitrogens with one attached hydrogen (secondary N) is 1. The highest BCUT2D eigenvalue weighted by Crippen LogP contribution is 2.29. The average molecular weight is 377 g/mol. The lowest BCUT2D eigenvalue weighted by molar-refractivity contribution is -0.135. The minimum absolute atomic E-state index is 0.00819. The minimum Gasteiger partial charge on any atom is -0.396 e. The number of aliphatic hydroxyl groups excluding tert-OH is 1. The number of sulfone groups is 1. The molecule has 25 heavy (non-hydrogen) atoms. The molecule has 0 radical (unpaired) electrons. The Morgan fingerprint density at radius 1 is 1.28 bits per heavy atom. The number of carbonyl (C=O) groups excluding carboxylic acids is 1. The van der Waals surface area contributed by atoms with E-state index in [1.165, 1.54) is 0 Å². The average Bonchev–Trinajstić information content (AvgIpc) is 3.16. The Morgan fingerprint density at radius 3 is 2.48 bits per heavy atom. The van der Waals surface area contributed by atoms with Crippen molar-refractivity contribution in [3.63, 3.8) is 0 Å². The number of methoxy groups -OCH3 is 1. The second kappa shape index (κ2) is 8.79. The van der Waals surface area contributed by atoms with Crippen molar-refractivity contribution in [3.8, 4) is 0 Å². The van der Waals surface area contributed by atoms with Crippen LogP contribution in [-0.4, -0.2) is 80.3 Å². The topological polar surface area (TPSA) is 95.9 Å². The van der Waals surface area contributed by atoms with E-state index in [9.17, 15) is 18.3 Å². The minimum atomic E-state index is -3.03. The van der Waals surface area contributed by atoms with Crippen LogP contribution in [0.5, 0.6) is 0 Å². The first-order chi connectivity index (χ1) is 11.8. The molecule has 7 nitrogen and oxygen atoms in total. The molecule has 0 spiro atoms. The van der Waals surface area contributed by atoms with Crippen LogP contribution in [0.2, 0.25) is 0 Å². The summed E-state index contributed by atoms with van der Waals surface area (Å²) in [6.45, 7) is 2.45. The molecule has 2 atom stereocenters. The number of rotatable bonds is 9. The molecule has 0 bridgehead atoms. The lowest BCUT2D eigenvalue weighted by atomic mass is 9.99. The Labute approximate surface area is 151 Å². The van der Waals surface area contributed by atoms with Gasteiger partial charge in [0.2, 0.25) is 5.91 Å². The van der Waals surface area contributed by atoms with E-state index in [1.807, 2.05) is 11.8 Å². The normalized spacial score (nSPS) is 25.8. The molecule has 0 aromatic heterocycles. The first kappa shape index (κ1) is 20.6. The van der Waals surface area contributed by atoms with Gasteiger partial charge in [-0.15, -0.1) is 0 Å². The lowest BCUT2D eigenvalue weighted by Gasteiger charge is -2.36. The standard InChI is InChI=1S/C17H32N2O5S/c1-17(8-9-20,13-24-2)18-11-16(21)19(14-5-3-4-6-14)15-7-10-25(22,23)12-15/h14-15,18,20H,3-13H2,1-2H3/t15-,17+/m1/s1. The van der Waals surface area contributed by atoms with Crippen LogP contribution in [0.3, 0.4) is 0 Å². The van der Waals surface area contributed by atoms with E-state index in [4.69, 9.17) is 4.74 Å². The van der Waals surface area contributed by atoms with Crippen LogP contribution in [0.15, 0.2) is 0 Å². The highest BCUT2D eigenvalue weighted by atomic mass is 32.2. The SMILES string of the molecule is COC[C@](C)(CCO)NCC(=O)N(C1CCCC1)[C@@H]1CCS(=O)(=O)C1. The number of aliphatic hydroxyl groups is 1. The number of hydrogen-bond donors (Lipinski definition) is 2. The fourth-order valence-electron chi connectivity index (χ4n) is 4.04. The molecule has 0 unspecified atom stereocenters. The smallest absolute Gasteiger partial charge is 0.237 e. The highest BCUT2D eigenvalue weighted by molar-refractivity contribution is 7.91. The van der Waals surface area contributed by atoms with Crippen molar-refractivity contribution >= 4 is 15.7 Å². The quantitative estimate of drug-likeness (QED) is 0.602. The Balaban J connectivity index is 2.05. The monoisotopic (exact) mass is 376 g/mol. The summed E-state index contributed by atoms with van der Waals surface area (Å²) < 4.78 is 28.9. The van der Waals surface area contributed by atoms with Crippen molar-refractivity contribution in [1.29, 1.82) is 0 Å². The van der Waals surface area contributed by atoms with Crippen LogP contribution in [0.1, 0.15) is 45.4 Å². The van der Waals surface area contributed by atoms with E-state index in [0.29, 0.717) is 19.4 Å². The molecule has 1 heterocycles. The molecule has 0 aromatic rings. The molecule has 2 rings (SSSR count). The summed E-state index contributed by atoms with van der Waals surface area (Å²) in [5.41, 5.74) is -0.484. The van der Waals surface area contributed by atoms with Crippen molar-refractivity contribution in [3.05, 3.63) is 0 Å². The zero-order chi connectivity index (χ0) is 18.5. The van der Waals surface area contributed by atoms with E-state index in [0.717, 1.165) is 25.7 Å². The largest absolute Gasteiger partial charge is 0.396 e. The molecule has 1 aliphatic heterocycles. The van der Waals surface area contributed by atoms with Gasteiger partial charge in [0.25, 0.3) is 0 Å². The molecule has 146 valence electrons. The number of nitrogens with zero attached hydrogens (tertiary/aromatic N) is 1. The highest BCUT2D eigenvalue weighted by Gasteiger charge is 2.39. The molecule has 1 saturated heterocycles. The van der Waals surface area contributed by atoms with Crippen molar-refractivity contribution in [2.45, 2.75) is 63.1 Å². The Hall–Kier alpha value is -0.700. The number of hydrogen-bond acceptors (Lipinski definition) is 6. The molecule has 2 aliphatic rings. The zero-order valence-electron chi connectivity index (χ0n) is 15.4. The van der Waals surface area contributed by atoms with Crippen molar-refractivity contribution in [2.24, 2.45) is 0 Å². The number of ether oxygens (including phenoxy) is 1. The maximum absolute atomic E-state index is 12.9. The summed E-state index contributed by atoms with van der Waals surface area (Å²) in [4.78, 5) is 14.8. The molecule has 1 saturated carbocycles. The molecule has 2 N–H and O–H groups in total. The van der Waals surface area contributed by atoms with Gasteiger partial charge < -0.3 is 20.1 Å². The summed E-state index contributed by atoms with van der Waals surface area (Å²) in [7, 11) is -1.44. The summed E-state index contributed by atoms with van der Waals surface area (Å²) in [5.74, 6) is 0.212. The van der Waals surface area contributed by atoms with Crippen LogP contribution >= 0.6 is 0 Å². The van der Waals surface area contributed by atoms with Crippen LogP contribution in [-0.2, 0) is 19.4 Å². The predicted molar refractivity (Wildman–Crippen MR) is 96.1 cm³/mol. The fraction of sp³-hybridized carbons (Fsp3) is 0.941. The zero-order valence-corrected chi connectivity index (χ0v) is 16.2. The molecule has 1 aliphatic carbocycles. The van der Waals surface area contributed by atoms with E-state index in [-0.39, 0.29) is 42.6 Å². The number of amides is 1. The lowest BCUT2D eigenvalue weighted by Crippen LogP contribution is -2.55. The van der Waals surface area contributed by atoms with Gasteiger partial charge in [-0.25, -0.2) is 8.42 Å². The Kier molecular flexibility index (Phi) is 7.25. The molecule has 0 aromatic carbocycles.